The third kappa shape index (κ3) is 3.34. The Balaban J connectivity index is 2.30. The Morgan fingerprint density at radius 3 is 2.38 bits per heavy atom. The molecule has 0 fully saturated rings. The van der Waals surface area contributed by atoms with E-state index in [1.165, 1.54) is 12.1 Å². The predicted octanol–water partition coefficient (Wildman–Crippen LogP) is 3.28. The zero-order valence-electron chi connectivity index (χ0n) is 12.6. The number of benzene rings is 2. The Morgan fingerprint density at radius 2 is 1.86 bits per heavy atom. The Bertz CT molecular complexity index is 598. The number of likely N-dealkylation sites (N-methyl/N-ethyl adjacent to an activating group) is 1. The van der Waals surface area contributed by atoms with Crippen LogP contribution >= 0.6 is 0 Å². The molecular weight excluding hydrogens is 267 g/mol. The van der Waals surface area contributed by atoms with E-state index in [1.807, 2.05) is 26.1 Å². The van der Waals surface area contributed by atoms with Gasteiger partial charge >= 0.3 is 0 Å². The van der Waals surface area contributed by atoms with Crippen LogP contribution in [0.3, 0.4) is 0 Å². The molecule has 3 nitrogen and oxygen atoms in total. The van der Waals surface area contributed by atoms with Gasteiger partial charge in [0, 0.05) is 19.3 Å². The first-order chi connectivity index (χ1) is 10.1. The highest BCUT2D eigenvalue weighted by Crippen LogP contribution is 2.28. The fraction of sp³-hybridized carbons (Fsp3) is 0.294. The van der Waals surface area contributed by atoms with Crippen molar-refractivity contribution >= 4 is 5.69 Å². The van der Waals surface area contributed by atoms with Gasteiger partial charge in [-0.3, -0.25) is 0 Å². The summed E-state index contributed by atoms with van der Waals surface area (Å²) in [6.07, 6.45) is 0. The molecule has 0 aliphatic carbocycles. The molecule has 0 saturated carbocycles. The summed E-state index contributed by atoms with van der Waals surface area (Å²) >= 11 is 0. The minimum Gasteiger partial charge on any atom is -0.496 e. The highest BCUT2D eigenvalue weighted by atomic mass is 19.1. The molecule has 0 bridgehead atoms. The monoisotopic (exact) mass is 288 g/mol. The van der Waals surface area contributed by atoms with Crippen LogP contribution < -0.4 is 15.4 Å². The lowest BCUT2D eigenvalue weighted by Gasteiger charge is -2.30. The lowest BCUT2D eigenvalue weighted by atomic mass is 10.0. The molecule has 21 heavy (non-hydrogen) atoms. The van der Waals surface area contributed by atoms with Crippen LogP contribution in [0.2, 0.25) is 0 Å². The van der Waals surface area contributed by atoms with E-state index in [0.29, 0.717) is 6.54 Å². The van der Waals surface area contributed by atoms with Gasteiger partial charge in [-0.1, -0.05) is 12.1 Å². The van der Waals surface area contributed by atoms with Crippen LogP contribution in [-0.2, 0) is 0 Å². The number of nitrogens with zero attached hydrogens (tertiary/aromatic N) is 1. The Labute approximate surface area is 125 Å². The molecular formula is C17H21FN2O. The lowest BCUT2D eigenvalue weighted by molar-refractivity contribution is 0.411. The van der Waals surface area contributed by atoms with E-state index in [9.17, 15) is 4.39 Å². The number of rotatable bonds is 5. The Hall–Kier alpha value is -2.07. The predicted molar refractivity (Wildman–Crippen MR) is 84.3 cm³/mol. The van der Waals surface area contributed by atoms with Crippen LogP contribution in [0.15, 0.2) is 42.5 Å². The van der Waals surface area contributed by atoms with Crippen molar-refractivity contribution in [2.24, 2.45) is 5.73 Å². The highest BCUT2D eigenvalue weighted by Gasteiger charge is 2.17. The van der Waals surface area contributed by atoms with Crippen molar-refractivity contribution in [1.82, 2.24) is 0 Å². The second-order valence-corrected chi connectivity index (χ2v) is 5.07. The number of aryl methyl sites for hydroxylation is 1. The standard InChI is InChI=1S/C17H21FN2O/c1-12-10-13(4-9-17(12)21-3)16(11-19)20(2)15-7-5-14(18)6-8-15/h4-10,16H,11,19H2,1-3H3. The van der Waals surface area contributed by atoms with Gasteiger partial charge < -0.3 is 15.4 Å². The van der Waals surface area contributed by atoms with Crippen molar-refractivity contribution in [3.05, 3.63) is 59.4 Å². The number of methoxy groups -OCH3 is 1. The van der Waals surface area contributed by atoms with Gasteiger partial charge in [0.15, 0.2) is 0 Å². The summed E-state index contributed by atoms with van der Waals surface area (Å²) in [5.41, 5.74) is 9.06. The third-order valence-corrected chi connectivity index (χ3v) is 3.73. The van der Waals surface area contributed by atoms with Crippen molar-refractivity contribution in [3.8, 4) is 5.75 Å². The molecule has 0 aromatic heterocycles. The summed E-state index contributed by atoms with van der Waals surface area (Å²) < 4.78 is 18.3. The minimum absolute atomic E-state index is 0.0278. The molecule has 0 amide bonds. The molecule has 2 N–H and O–H groups in total. The summed E-state index contributed by atoms with van der Waals surface area (Å²) in [7, 11) is 3.62. The first kappa shape index (κ1) is 15.3. The van der Waals surface area contributed by atoms with E-state index in [0.717, 1.165) is 22.6 Å². The van der Waals surface area contributed by atoms with Crippen LogP contribution in [-0.4, -0.2) is 20.7 Å². The molecule has 0 saturated heterocycles. The van der Waals surface area contributed by atoms with Gasteiger partial charge in [-0.2, -0.15) is 0 Å². The molecule has 2 rings (SSSR count). The summed E-state index contributed by atoms with van der Waals surface area (Å²) in [5.74, 6) is 0.621. The van der Waals surface area contributed by atoms with Gasteiger partial charge in [0.05, 0.1) is 13.2 Å². The average Bonchev–Trinajstić information content (AvgIpc) is 2.49. The third-order valence-electron chi connectivity index (χ3n) is 3.73. The molecule has 2 aromatic rings. The first-order valence-electron chi connectivity index (χ1n) is 6.89. The number of anilines is 1. The van der Waals surface area contributed by atoms with Gasteiger partial charge in [-0.05, 0) is 48.4 Å². The molecule has 0 aliphatic rings. The van der Waals surface area contributed by atoms with E-state index in [-0.39, 0.29) is 11.9 Å². The molecule has 0 spiro atoms. The van der Waals surface area contributed by atoms with Crippen LogP contribution in [0.4, 0.5) is 10.1 Å². The molecule has 2 aromatic carbocycles. The van der Waals surface area contributed by atoms with E-state index < -0.39 is 0 Å². The van der Waals surface area contributed by atoms with Crippen LogP contribution in [0, 0.1) is 12.7 Å². The van der Waals surface area contributed by atoms with Crippen LogP contribution in [0.5, 0.6) is 5.75 Å². The molecule has 0 radical (unpaired) electrons. The lowest BCUT2D eigenvalue weighted by Crippen LogP contribution is -2.30. The highest BCUT2D eigenvalue weighted by molar-refractivity contribution is 5.49. The van der Waals surface area contributed by atoms with Gasteiger partial charge in [-0.15, -0.1) is 0 Å². The van der Waals surface area contributed by atoms with E-state index in [1.54, 1.807) is 19.2 Å². The molecule has 0 aliphatic heterocycles. The fourth-order valence-corrected chi connectivity index (χ4v) is 2.48. The van der Waals surface area contributed by atoms with E-state index >= 15 is 0 Å². The number of nitrogens with two attached hydrogens (primary N) is 1. The van der Waals surface area contributed by atoms with Crippen molar-refractivity contribution in [2.45, 2.75) is 13.0 Å². The van der Waals surface area contributed by atoms with Crippen molar-refractivity contribution < 1.29 is 9.13 Å². The van der Waals surface area contributed by atoms with Crippen LogP contribution in [0.1, 0.15) is 17.2 Å². The number of halogens is 1. The van der Waals surface area contributed by atoms with Gasteiger partial charge in [0.25, 0.3) is 0 Å². The van der Waals surface area contributed by atoms with Crippen molar-refractivity contribution in [1.29, 1.82) is 0 Å². The molecule has 4 heteroatoms. The zero-order chi connectivity index (χ0) is 15.4. The minimum atomic E-state index is -0.239. The van der Waals surface area contributed by atoms with Gasteiger partial charge in [0.2, 0.25) is 0 Å². The molecule has 0 heterocycles. The summed E-state index contributed by atoms with van der Waals surface area (Å²) in [4.78, 5) is 2.06. The number of hydrogen-bond donors (Lipinski definition) is 1. The second-order valence-electron chi connectivity index (χ2n) is 5.07. The summed E-state index contributed by atoms with van der Waals surface area (Å²) in [5, 5.41) is 0. The zero-order valence-corrected chi connectivity index (χ0v) is 12.6. The topological polar surface area (TPSA) is 38.5 Å². The molecule has 1 unspecified atom stereocenters. The molecule has 1 atom stereocenters. The maximum atomic E-state index is 13.0. The number of ether oxygens (including phenoxy) is 1. The summed E-state index contributed by atoms with van der Waals surface area (Å²) in [6.45, 7) is 2.48. The Kier molecular flexibility index (Phi) is 4.81. The maximum Gasteiger partial charge on any atom is 0.123 e. The largest absolute Gasteiger partial charge is 0.496 e. The second kappa shape index (κ2) is 6.59. The van der Waals surface area contributed by atoms with Gasteiger partial charge in [0.1, 0.15) is 11.6 Å². The smallest absolute Gasteiger partial charge is 0.123 e. The summed E-state index contributed by atoms with van der Waals surface area (Å²) in [6, 6.07) is 12.5. The van der Waals surface area contributed by atoms with Crippen LogP contribution in [0.25, 0.3) is 0 Å². The van der Waals surface area contributed by atoms with E-state index in [2.05, 4.69) is 11.0 Å². The molecule has 112 valence electrons. The number of hydrogen-bond acceptors (Lipinski definition) is 3. The quantitative estimate of drug-likeness (QED) is 0.917. The fourth-order valence-electron chi connectivity index (χ4n) is 2.48. The van der Waals surface area contributed by atoms with Crippen molar-refractivity contribution in [2.75, 3.05) is 25.6 Å². The SMILES string of the molecule is COc1ccc(C(CN)N(C)c2ccc(F)cc2)cc1C. The van der Waals surface area contributed by atoms with E-state index in [4.69, 9.17) is 10.5 Å². The normalized spacial score (nSPS) is 12.0. The van der Waals surface area contributed by atoms with Crippen molar-refractivity contribution in [3.63, 3.8) is 0 Å². The maximum absolute atomic E-state index is 13.0. The Morgan fingerprint density at radius 1 is 1.19 bits per heavy atom. The first-order valence-corrected chi connectivity index (χ1v) is 6.89. The van der Waals surface area contributed by atoms with Gasteiger partial charge in [-0.25, -0.2) is 4.39 Å². The average molecular weight is 288 g/mol.